The van der Waals surface area contributed by atoms with Gasteiger partial charge in [0.05, 0.1) is 22.3 Å². The molecule has 0 amide bonds. The molecule has 0 unspecified atom stereocenters. The SMILES string of the molecule is O=c1oc2ccccc2cc1-c1csc(SCCCn2c(=O)[nH]c3ccccc32)n1. The smallest absolute Gasteiger partial charge is 0.345 e. The van der Waals surface area contributed by atoms with E-state index in [-0.39, 0.29) is 11.3 Å². The molecule has 0 spiro atoms. The highest BCUT2D eigenvalue weighted by Crippen LogP contribution is 2.28. The third-order valence-corrected chi connectivity index (χ3v) is 6.94. The summed E-state index contributed by atoms with van der Waals surface area (Å²) in [6.45, 7) is 0.641. The van der Waals surface area contributed by atoms with E-state index in [0.717, 1.165) is 32.9 Å². The largest absolute Gasteiger partial charge is 0.422 e. The van der Waals surface area contributed by atoms with Gasteiger partial charge in [0.15, 0.2) is 4.34 Å². The summed E-state index contributed by atoms with van der Waals surface area (Å²) in [7, 11) is 0. The summed E-state index contributed by atoms with van der Waals surface area (Å²) in [4.78, 5) is 31.9. The number of hydrogen-bond acceptors (Lipinski definition) is 6. The van der Waals surface area contributed by atoms with E-state index >= 15 is 0 Å². The predicted molar refractivity (Wildman–Crippen MR) is 121 cm³/mol. The van der Waals surface area contributed by atoms with Gasteiger partial charge in [0, 0.05) is 23.1 Å². The second-order valence-electron chi connectivity index (χ2n) is 6.78. The summed E-state index contributed by atoms with van der Waals surface area (Å²) in [6.07, 6.45) is 0.833. The number of thioether (sulfide) groups is 1. The van der Waals surface area contributed by atoms with E-state index in [0.29, 0.717) is 23.4 Å². The second kappa shape index (κ2) is 7.97. The molecule has 3 heterocycles. The Kier molecular flexibility index (Phi) is 5.02. The summed E-state index contributed by atoms with van der Waals surface area (Å²) in [5.41, 5.74) is 3.00. The molecule has 0 radical (unpaired) electrons. The molecule has 0 aliphatic carbocycles. The number of hydrogen-bond donors (Lipinski definition) is 1. The molecule has 150 valence electrons. The Morgan fingerprint density at radius 2 is 1.93 bits per heavy atom. The van der Waals surface area contributed by atoms with Gasteiger partial charge in [-0.1, -0.05) is 42.1 Å². The molecule has 3 aromatic heterocycles. The number of H-pyrrole nitrogens is 1. The normalized spacial score (nSPS) is 11.5. The van der Waals surface area contributed by atoms with Gasteiger partial charge in [-0.3, -0.25) is 4.57 Å². The van der Waals surface area contributed by atoms with Crippen LogP contribution in [0.3, 0.4) is 0 Å². The Morgan fingerprint density at radius 1 is 1.10 bits per heavy atom. The van der Waals surface area contributed by atoms with E-state index in [4.69, 9.17) is 4.42 Å². The van der Waals surface area contributed by atoms with E-state index in [2.05, 4.69) is 9.97 Å². The van der Waals surface area contributed by atoms with Gasteiger partial charge in [-0.15, -0.1) is 11.3 Å². The van der Waals surface area contributed by atoms with Crippen molar-refractivity contribution in [2.75, 3.05) is 5.75 Å². The Morgan fingerprint density at radius 3 is 2.87 bits per heavy atom. The average molecular weight is 436 g/mol. The Labute approximate surface area is 179 Å². The molecular formula is C22H17N3O3S2. The van der Waals surface area contributed by atoms with Gasteiger partial charge in [-0.2, -0.15) is 0 Å². The molecule has 0 atom stereocenters. The van der Waals surface area contributed by atoms with Crippen LogP contribution in [0, 0.1) is 0 Å². The van der Waals surface area contributed by atoms with Crippen molar-refractivity contribution in [1.82, 2.24) is 14.5 Å². The first-order chi connectivity index (χ1) is 14.7. The van der Waals surface area contributed by atoms with Gasteiger partial charge in [0.25, 0.3) is 0 Å². The van der Waals surface area contributed by atoms with Gasteiger partial charge >= 0.3 is 11.3 Å². The van der Waals surface area contributed by atoms with Crippen LogP contribution >= 0.6 is 23.1 Å². The molecule has 2 aromatic carbocycles. The van der Waals surface area contributed by atoms with Crippen LogP contribution in [0.2, 0.25) is 0 Å². The molecule has 0 aliphatic heterocycles. The molecule has 0 fully saturated rings. The van der Waals surface area contributed by atoms with Crippen molar-refractivity contribution in [3.63, 3.8) is 0 Å². The lowest BCUT2D eigenvalue weighted by Gasteiger charge is -2.02. The van der Waals surface area contributed by atoms with Gasteiger partial charge in [0.2, 0.25) is 0 Å². The van der Waals surface area contributed by atoms with Crippen molar-refractivity contribution in [1.29, 1.82) is 0 Å². The highest BCUT2D eigenvalue weighted by molar-refractivity contribution is 8.01. The van der Waals surface area contributed by atoms with Crippen LogP contribution in [0.15, 0.2) is 78.3 Å². The minimum absolute atomic E-state index is 0.0826. The third-order valence-electron chi connectivity index (χ3n) is 4.83. The highest BCUT2D eigenvalue weighted by atomic mass is 32.2. The predicted octanol–water partition coefficient (Wildman–Crippen LogP) is 4.74. The van der Waals surface area contributed by atoms with Crippen molar-refractivity contribution in [3.05, 3.63) is 80.9 Å². The zero-order chi connectivity index (χ0) is 20.5. The van der Waals surface area contributed by atoms with E-state index in [1.807, 2.05) is 53.9 Å². The van der Waals surface area contributed by atoms with Gasteiger partial charge in [-0.25, -0.2) is 14.6 Å². The zero-order valence-corrected chi connectivity index (χ0v) is 17.5. The standard InChI is InChI=1S/C22H17N3O3S2/c26-20-15(12-14-6-1-4-9-19(14)28-20)17-13-30-22(24-17)29-11-5-10-25-18-8-3-2-7-16(18)23-21(25)27/h1-4,6-9,12-13H,5,10-11H2,(H,23,27). The lowest BCUT2D eigenvalue weighted by atomic mass is 10.1. The average Bonchev–Trinajstić information content (AvgIpc) is 3.34. The Bertz CT molecular complexity index is 1460. The third kappa shape index (κ3) is 3.59. The maximum absolute atomic E-state index is 12.3. The highest BCUT2D eigenvalue weighted by Gasteiger charge is 2.12. The number of thiazole rings is 1. The van der Waals surface area contributed by atoms with Crippen LogP contribution in [-0.4, -0.2) is 20.3 Å². The minimum Gasteiger partial charge on any atom is -0.422 e. The van der Waals surface area contributed by atoms with E-state index in [1.165, 1.54) is 11.3 Å². The van der Waals surface area contributed by atoms with Crippen molar-refractivity contribution >= 4 is 45.1 Å². The maximum Gasteiger partial charge on any atom is 0.345 e. The van der Waals surface area contributed by atoms with Gasteiger partial charge in [-0.05, 0) is 30.7 Å². The van der Waals surface area contributed by atoms with Crippen molar-refractivity contribution in [2.24, 2.45) is 0 Å². The number of fused-ring (bicyclic) bond motifs is 2. The number of aryl methyl sites for hydroxylation is 1. The number of imidazole rings is 1. The summed E-state index contributed by atoms with van der Waals surface area (Å²) in [5, 5.41) is 2.76. The molecule has 6 nitrogen and oxygen atoms in total. The van der Waals surface area contributed by atoms with Crippen molar-refractivity contribution in [3.8, 4) is 11.3 Å². The molecule has 1 N–H and O–H groups in total. The van der Waals surface area contributed by atoms with Crippen LogP contribution in [0.4, 0.5) is 0 Å². The fourth-order valence-electron chi connectivity index (χ4n) is 3.40. The quantitative estimate of drug-likeness (QED) is 0.237. The molecule has 0 aliphatic rings. The van der Waals surface area contributed by atoms with E-state index in [1.54, 1.807) is 22.4 Å². The fourth-order valence-corrected chi connectivity index (χ4v) is 5.22. The molecule has 5 rings (SSSR count). The first-order valence-electron chi connectivity index (χ1n) is 9.48. The summed E-state index contributed by atoms with van der Waals surface area (Å²) < 4.78 is 8.07. The van der Waals surface area contributed by atoms with Crippen LogP contribution in [0.1, 0.15) is 6.42 Å². The summed E-state index contributed by atoms with van der Waals surface area (Å²) in [5.74, 6) is 0.825. The van der Waals surface area contributed by atoms with Gasteiger partial charge < -0.3 is 9.40 Å². The van der Waals surface area contributed by atoms with E-state index < -0.39 is 0 Å². The van der Waals surface area contributed by atoms with Gasteiger partial charge in [0.1, 0.15) is 5.58 Å². The maximum atomic E-state index is 12.3. The van der Waals surface area contributed by atoms with Crippen molar-refractivity contribution in [2.45, 2.75) is 17.3 Å². The molecule has 0 saturated heterocycles. The second-order valence-corrected chi connectivity index (χ2v) is 8.99. The molecule has 30 heavy (non-hydrogen) atoms. The van der Waals surface area contributed by atoms with Crippen LogP contribution in [-0.2, 0) is 6.54 Å². The topological polar surface area (TPSA) is 80.9 Å². The van der Waals surface area contributed by atoms with E-state index in [9.17, 15) is 9.59 Å². The number of nitrogens with one attached hydrogen (secondary N) is 1. The number of aromatic nitrogens is 3. The number of nitrogens with zero attached hydrogens (tertiary/aromatic N) is 2. The lowest BCUT2D eigenvalue weighted by Crippen LogP contribution is -2.17. The fraction of sp³-hybridized carbons (Fsp3) is 0.136. The summed E-state index contributed by atoms with van der Waals surface area (Å²) >= 11 is 3.14. The number of aromatic amines is 1. The van der Waals surface area contributed by atoms with Crippen LogP contribution < -0.4 is 11.3 Å². The van der Waals surface area contributed by atoms with Crippen LogP contribution in [0.25, 0.3) is 33.3 Å². The minimum atomic E-state index is -0.380. The Hall–Kier alpha value is -3.10. The van der Waals surface area contributed by atoms with Crippen molar-refractivity contribution < 1.29 is 4.42 Å². The molecular weight excluding hydrogens is 418 g/mol. The molecule has 0 saturated carbocycles. The van der Waals surface area contributed by atoms with Crippen LogP contribution in [0.5, 0.6) is 0 Å². The Balaban J connectivity index is 1.27. The molecule has 8 heteroatoms. The zero-order valence-electron chi connectivity index (χ0n) is 15.8. The number of rotatable bonds is 6. The number of benzene rings is 2. The number of para-hydroxylation sites is 3. The molecule has 5 aromatic rings. The molecule has 0 bridgehead atoms. The monoisotopic (exact) mass is 435 g/mol. The first kappa shape index (κ1) is 18.9. The first-order valence-corrected chi connectivity index (χ1v) is 11.3. The summed E-state index contributed by atoms with van der Waals surface area (Å²) in [6, 6.07) is 17.0. The lowest BCUT2D eigenvalue weighted by molar-refractivity contribution is 0.563.